The van der Waals surface area contributed by atoms with Crippen molar-refractivity contribution < 1.29 is 9.18 Å². The molecule has 0 bridgehead atoms. The first-order valence-corrected chi connectivity index (χ1v) is 13.2. The third-order valence-corrected chi connectivity index (χ3v) is 5.83. The molecule has 1 aromatic carbocycles. The van der Waals surface area contributed by atoms with E-state index in [-0.39, 0.29) is 17.8 Å². The minimum atomic E-state index is -0.226. The Hall–Kier alpha value is -3.17. The van der Waals surface area contributed by atoms with E-state index >= 15 is 0 Å². The highest BCUT2D eigenvalue weighted by molar-refractivity contribution is 8.07. The zero-order chi connectivity index (χ0) is 26.9. The lowest BCUT2D eigenvalue weighted by molar-refractivity contribution is -0.122. The van der Waals surface area contributed by atoms with Gasteiger partial charge in [-0.1, -0.05) is 32.6 Å². The third-order valence-electron chi connectivity index (χ3n) is 5.05. The van der Waals surface area contributed by atoms with Gasteiger partial charge in [0.1, 0.15) is 5.82 Å². The molecule has 1 saturated heterocycles. The molecule has 1 amide bonds. The normalized spacial score (nSPS) is 15.2. The van der Waals surface area contributed by atoms with Crippen LogP contribution in [0.1, 0.15) is 50.6 Å². The first-order chi connectivity index (χ1) is 17.4. The van der Waals surface area contributed by atoms with Crippen molar-refractivity contribution in [1.82, 2.24) is 20.2 Å². The number of halogens is 1. The number of nitrogens with one attached hydrogen (secondary N) is 2. The molecule has 2 aromatic rings. The Bertz CT molecular complexity index is 1020. The Labute approximate surface area is 218 Å². The summed E-state index contributed by atoms with van der Waals surface area (Å²) in [5.41, 5.74) is 9.12. The van der Waals surface area contributed by atoms with Crippen molar-refractivity contribution in [2.45, 2.75) is 46.2 Å². The molecule has 3 rings (SSSR count). The number of benzene rings is 1. The lowest BCUT2D eigenvalue weighted by Crippen LogP contribution is -2.41. The number of aromatic nitrogens is 2. The van der Waals surface area contributed by atoms with E-state index < -0.39 is 0 Å². The molecule has 1 aromatic heterocycles. The average Bonchev–Trinajstić information content (AvgIpc) is 3.55. The maximum Gasteiger partial charge on any atom is 0.237 e. The number of allylic oxidation sites excluding steroid dienone is 1. The van der Waals surface area contributed by atoms with Gasteiger partial charge in [0.2, 0.25) is 5.91 Å². The summed E-state index contributed by atoms with van der Waals surface area (Å²) in [6, 6.07) is 6.28. The van der Waals surface area contributed by atoms with Gasteiger partial charge in [-0.2, -0.15) is 0 Å². The molecule has 0 spiro atoms. The summed E-state index contributed by atoms with van der Waals surface area (Å²) < 4.78 is 14.5. The summed E-state index contributed by atoms with van der Waals surface area (Å²) in [5.74, 6) is -0.153. The largest absolute Gasteiger partial charge is 0.402 e. The monoisotopic (exact) mass is 514 g/mol. The van der Waals surface area contributed by atoms with Gasteiger partial charge in [-0.15, -0.1) is 11.8 Å². The van der Waals surface area contributed by atoms with Crippen LogP contribution in [0, 0.1) is 5.82 Å². The fourth-order valence-corrected chi connectivity index (χ4v) is 3.94. The molecule has 9 heteroatoms. The summed E-state index contributed by atoms with van der Waals surface area (Å²) in [7, 11) is 0. The molecule has 7 nitrogen and oxygen atoms in total. The maximum absolute atomic E-state index is 12.6. The van der Waals surface area contributed by atoms with E-state index in [1.807, 2.05) is 37.7 Å². The van der Waals surface area contributed by atoms with Gasteiger partial charge in [0.05, 0.1) is 23.8 Å². The van der Waals surface area contributed by atoms with Gasteiger partial charge in [0.15, 0.2) is 0 Å². The first kappa shape index (κ1) is 30.9. The average molecular weight is 515 g/mol. The molecule has 196 valence electrons. The number of hydrogen-bond donors (Lipinski definition) is 3. The summed E-state index contributed by atoms with van der Waals surface area (Å²) in [5, 5.41) is 6.14. The molecule has 36 heavy (non-hydrogen) atoms. The van der Waals surface area contributed by atoms with Crippen LogP contribution in [0.4, 0.5) is 4.39 Å². The lowest BCUT2D eigenvalue weighted by Gasteiger charge is -2.12. The van der Waals surface area contributed by atoms with E-state index in [9.17, 15) is 9.18 Å². The van der Waals surface area contributed by atoms with Crippen molar-refractivity contribution in [1.29, 1.82) is 0 Å². The fraction of sp³-hybridized carbons (Fsp3) is 0.370. The van der Waals surface area contributed by atoms with E-state index in [0.717, 1.165) is 41.2 Å². The summed E-state index contributed by atoms with van der Waals surface area (Å²) in [4.78, 5) is 20.9. The smallest absolute Gasteiger partial charge is 0.237 e. The Morgan fingerprint density at radius 3 is 2.61 bits per heavy atom. The highest BCUT2D eigenvalue weighted by Gasteiger charge is 2.21. The van der Waals surface area contributed by atoms with Crippen LogP contribution in [0.3, 0.4) is 0 Å². The standard InChI is InChI=1S/C15H23N5O.C10H10FNS.C2H6/c1-3-12-14(9-11(2)16)20(10-19-12)8-7-18-15(21)13-5-4-6-17-13;1-12-7-10(13-2)8-3-5-9(11)6-4-8;1-2/h3,9-10,13,17H,1,4-8,16H2,2H3,(H,18,21);3-7H,1H2,2H3;1-2H3/b11-9+;10-7-;. The summed E-state index contributed by atoms with van der Waals surface area (Å²) in [6.45, 7) is 15.1. The summed E-state index contributed by atoms with van der Waals surface area (Å²) in [6.07, 6.45) is 10.9. The van der Waals surface area contributed by atoms with Crippen molar-refractivity contribution in [3.05, 3.63) is 71.8 Å². The predicted molar refractivity (Wildman–Crippen MR) is 153 cm³/mol. The maximum atomic E-state index is 12.6. The number of amides is 1. The van der Waals surface area contributed by atoms with E-state index in [1.165, 1.54) is 12.1 Å². The van der Waals surface area contributed by atoms with Crippen LogP contribution in [0.5, 0.6) is 0 Å². The number of rotatable bonds is 9. The number of nitrogens with two attached hydrogens (primary N) is 1. The van der Waals surface area contributed by atoms with Gasteiger partial charge in [-0.3, -0.25) is 9.79 Å². The van der Waals surface area contributed by atoms with Crippen LogP contribution in [0.2, 0.25) is 0 Å². The number of hydrogen-bond acceptors (Lipinski definition) is 6. The minimum absolute atomic E-state index is 0.0397. The number of nitrogens with zero attached hydrogens (tertiary/aromatic N) is 3. The van der Waals surface area contributed by atoms with Gasteiger partial charge < -0.3 is 20.9 Å². The number of thioether (sulfide) groups is 1. The number of carbonyl (C=O) groups is 1. The molecule has 0 aliphatic carbocycles. The molecule has 1 aliphatic rings. The van der Waals surface area contributed by atoms with Crippen LogP contribution in [0.25, 0.3) is 17.1 Å². The summed E-state index contributed by atoms with van der Waals surface area (Å²) >= 11 is 1.56. The molecule has 2 heterocycles. The van der Waals surface area contributed by atoms with Gasteiger partial charge in [0.25, 0.3) is 0 Å². The quantitative estimate of drug-likeness (QED) is 0.413. The second-order valence-corrected chi connectivity index (χ2v) is 8.48. The molecule has 1 fully saturated rings. The Morgan fingerprint density at radius 2 is 2.08 bits per heavy atom. The SMILES string of the molecule is C=Cc1ncn(CCNC(=O)C2CCCN2)c1/C=C(\C)N.C=N/C=C(\SC)c1ccc(F)cc1.CC. The second-order valence-electron chi connectivity index (χ2n) is 7.63. The molecule has 1 aliphatic heterocycles. The van der Waals surface area contributed by atoms with E-state index in [1.54, 1.807) is 42.5 Å². The highest BCUT2D eigenvalue weighted by Crippen LogP contribution is 2.24. The van der Waals surface area contributed by atoms with Crippen LogP contribution >= 0.6 is 11.8 Å². The van der Waals surface area contributed by atoms with Crippen molar-refractivity contribution in [3.8, 4) is 0 Å². The fourth-order valence-electron chi connectivity index (χ4n) is 3.39. The van der Waals surface area contributed by atoms with Crippen molar-refractivity contribution in [3.63, 3.8) is 0 Å². The van der Waals surface area contributed by atoms with Crippen LogP contribution < -0.4 is 16.4 Å². The Balaban J connectivity index is 0.000000371. The first-order valence-electron chi connectivity index (χ1n) is 12.0. The van der Waals surface area contributed by atoms with E-state index in [0.29, 0.717) is 18.8 Å². The van der Waals surface area contributed by atoms with Gasteiger partial charge >= 0.3 is 0 Å². The van der Waals surface area contributed by atoms with Crippen molar-refractivity contribution >= 4 is 41.4 Å². The second kappa shape index (κ2) is 17.3. The van der Waals surface area contributed by atoms with Gasteiger partial charge in [-0.05, 0) is 69.1 Å². The number of imidazole rings is 1. The predicted octanol–water partition coefficient (Wildman–Crippen LogP) is 4.93. The molecular formula is C27H39FN6OS. The van der Waals surface area contributed by atoms with E-state index in [2.05, 4.69) is 33.9 Å². The molecule has 1 atom stereocenters. The number of carbonyl (C=O) groups excluding carboxylic acids is 1. The van der Waals surface area contributed by atoms with Gasteiger partial charge in [-0.25, -0.2) is 9.37 Å². The zero-order valence-electron chi connectivity index (χ0n) is 21.8. The van der Waals surface area contributed by atoms with Crippen molar-refractivity contribution in [2.24, 2.45) is 10.7 Å². The molecule has 0 saturated carbocycles. The molecule has 1 unspecified atom stereocenters. The third kappa shape index (κ3) is 10.2. The van der Waals surface area contributed by atoms with Crippen molar-refractivity contribution in [2.75, 3.05) is 19.3 Å². The lowest BCUT2D eigenvalue weighted by atomic mass is 10.2. The van der Waals surface area contributed by atoms with Crippen LogP contribution in [-0.4, -0.2) is 47.6 Å². The van der Waals surface area contributed by atoms with E-state index in [4.69, 9.17) is 5.73 Å². The molecular weight excluding hydrogens is 475 g/mol. The van der Waals surface area contributed by atoms with Crippen LogP contribution in [-0.2, 0) is 11.3 Å². The van der Waals surface area contributed by atoms with Gasteiger partial charge in [0, 0.05) is 29.9 Å². The van der Waals surface area contributed by atoms with Crippen LogP contribution in [0.15, 0.2) is 54.1 Å². The molecule has 4 N–H and O–H groups in total. The zero-order valence-corrected chi connectivity index (χ0v) is 22.6. The minimum Gasteiger partial charge on any atom is -0.402 e. The topological polar surface area (TPSA) is 97.3 Å². The number of aliphatic imine (C=N–C) groups is 1. The Kier molecular flexibility index (Phi) is 14.8. The molecule has 0 radical (unpaired) electrons. The highest BCUT2D eigenvalue weighted by atomic mass is 32.2. The Morgan fingerprint density at radius 1 is 1.39 bits per heavy atom.